The van der Waals surface area contributed by atoms with E-state index in [1.165, 1.54) is 19.3 Å². The van der Waals surface area contributed by atoms with Crippen molar-refractivity contribution in [1.29, 1.82) is 0 Å². The van der Waals surface area contributed by atoms with Crippen molar-refractivity contribution in [1.82, 2.24) is 19.7 Å². The topological polar surface area (TPSA) is 53.9 Å². The van der Waals surface area contributed by atoms with Gasteiger partial charge in [-0.3, -0.25) is 14.6 Å². The van der Waals surface area contributed by atoms with E-state index in [4.69, 9.17) is 11.6 Å². The van der Waals surface area contributed by atoms with Crippen LogP contribution in [0.2, 0.25) is 5.15 Å². The van der Waals surface area contributed by atoms with Crippen LogP contribution >= 0.6 is 11.6 Å². The van der Waals surface area contributed by atoms with Crippen LogP contribution < -0.4 is 5.56 Å². The number of nitrogens with zero attached hydrogens (tertiary/aromatic N) is 3. The maximum absolute atomic E-state index is 12.0. The van der Waals surface area contributed by atoms with Crippen molar-refractivity contribution in [3.05, 3.63) is 39.9 Å². The Kier molecular flexibility index (Phi) is 4.41. The molecule has 21 heavy (non-hydrogen) atoms. The number of nitrogens with one attached hydrogen (secondary N) is 1. The Morgan fingerprint density at radius 2 is 2.00 bits per heavy atom. The molecule has 2 aromatic heterocycles. The predicted octanol–water partition coefficient (Wildman–Crippen LogP) is 2.38. The summed E-state index contributed by atoms with van der Waals surface area (Å²) in [5.41, 5.74) is 1.06. The Bertz CT molecular complexity index is 658. The highest BCUT2D eigenvalue weighted by Crippen LogP contribution is 2.15. The van der Waals surface area contributed by atoms with E-state index in [2.05, 4.69) is 15.0 Å². The molecular formula is C15H19ClN4O. The maximum atomic E-state index is 12.0. The minimum Gasteiger partial charge on any atom is -0.302 e. The van der Waals surface area contributed by atoms with Crippen LogP contribution in [-0.4, -0.2) is 39.3 Å². The monoisotopic (exact) mass is 306 g/mol. The summed E-state index contributed by atoms with van der Waals surface area (Å²) >= 11 is 5.88. The third kappa shape index (κ3) is 3.54. The number of H-pyrrole nitrogens is 1. The number of halogens is 1. The zero-order valence-electron chi connectivity index (χ0n) is 11.9. The van der Waals surface area contributed by atoms with Crippen LogP contribution in [0.4, 0.5) is 0 Å². The van der Waals surface area contributed by atoms with E-state index in [9.17, 15) is 4.79 Å². The molecule has 0 amide bonds. The Morgan fingerprint density at radius 1 is 1.19 bits per heavy atom. The average molecular weight is 307 g/mol. The SMILES string of the molecule is O=c1[nH]n(CCN2CCCCC2)cc1-c1cccc(Cl)n1. The smallest absolute Gasteiger partial charge is 0.273 e. The molecule has 0 radical (unpaired) electrons. The van der Waals surface area contributed by atoms with Gasteiger partial charge in [0.15, 0.2) is 0 Å². The standard InChI is InChI=1S/C15H19ClN4O/c16-14-6-4-5-13(17-14)12-11-20(18-15(12)21)10-9-19-7-2-1-3-8-19/h4-6,11H,1-3,7-10H2,(H,18,21). The van der Waals surface area contributed by atoms with Crippen LogP contribution in [0.25, 0.3) is 11.3 Å². The molecule has 0 aliphatic carbocycles. The molecule has 2 aromatic rings. The van der Waals surface area contributed by atoms with Crippen molar-refractivity contribution in [2.24, 2.45) is 0 Å². The number of piperidine rings is 1. The Morgan fingerprint density at radius 3 is 2.76 bits per heavy atom. The summed E-state index contributed by atoms with van der Waals surface area (Å²) in [5, 5.41) is 3.25. The lowest BCUT2D eigenvalue weighted by molar-refractivity contribution is 0.218. The van der Waals surface area contributed by atoms with Gasteiger partial charge < -0.3 is 4.90 Å². The van der Waals surface area contributed by atoms with Gasteiger partial charge in [0.25, 0.3) is 5.56 Å². The van der Waals surface area contributed by atoms with Crippen molar-refractivity contribution in [2.45, 2.75) is 25.8 Å². The molecule has 3 rings (SSSR count). The molecular weight excluding hydrogens is 288 g/mol. The Hall–Kier alpha value is -1.59. The first kappa shape index (κ1) is 14.4. The lowest BCUT2D eigenvalue weighted by Gasteiger charge is -2.26. The van der Waals surface area contributed by atoms with E-state index in [-0.39, 0.29) is 5.56 Å². The molecule has 1 aliphatic rings. The second-order valence-corrected chi connectivity index (χ2v) is 5.81. The lowest BCUT2D eigenvalue weighted by Crippen LogP contribution is -2.32. The van der Waals surface area contributed by atoms with Crippen LogP contribution in [0.15, 0.2) is 29.2 Å². The largest absolute Gasteiger partial charge is 0.302 e. The molecule has 0 unspecified atom stereocenters. The van der Waals surface area contributed by atoms with Gasteiger partial charge in [0.05, 0.1) is 17.8 Å². The normalized spacial score (nSPS) is 16.2. The van der Waals surface area contributed by atoms with E-state index in [0.717, 1.165) is 26.2 Å². The summed E-state index contributed by atoms with van der Waals surface area (Å²) < 4.78 is 1.84. The van der Waals surface area contributed by atoms with Gasteiger partial charge >= 0.3 is 0 Å². The molecule has 6 heteroatoms. The highest BCUT2D eigenvalue weighted by molar-refractivity contribution is 6.29. The highest BCUT2D eigenvalue weighted by Gasteiger charge is 2.12. The number of hydrogen-bond acceptors (Lipinski definition) is 3. The van der Waals surface area contributed by atoms with Crippen LogP contribution in [0.3, 0.4) is 0 Å². The van der Waals surface area contributed by atoms with Gasteiger partial charge in [0.1, 0.15) is 5.15 Å². The van der Waals surface area contributed by atoms with Gasteiger partial charge in [-0.2, -0.15) is 0 Å². The maximum Gasteiger partial charge on any atom is 0.273 e. The zero-order valence-corrected chi connectivity index (χ0v) is 12.6. The second kappa shape index (κ2) is 6.45. The van der Waals surface area contributed by atoms with Crippen LogP contribution in [0.5, 0.6) is 0 Å². The number of likely N-dealkylation sites (tertiary alicyclic amines) is 1. The van der Waals surface area contributed by atoms with E-state index in [1.807, 2.05) is 10.9 Å². The van der Waals surface area contributed by atoms with Crippen molar-refractivity contribution < 1.29 is 0 Å². The van der Waals surface area contributed by atoms with Crippen LogP contribution in [0, 0.1) is 0 Å². The second-order valence-electron chi connectivity index (χ2n) is 5.42. The number of aromatic amines is 1. The number of hydrogen-bond donors (Lipinski definition) is 1. The summed E-state index contributed by atoms with van der Waals surface area (Å²) in [4.78, 5) is 18.7. The average Bonchev–Trinajstić information content (AvgIpc) is 2.87. The van der Waals surface area contributed by atoms with E-state index >= 15 is 0 Å². The Labute approximate surface area is 128 Å². The summed E-state index contributed by atoms with van der Waals surface area (Å²) in [6, 6.07) is 5.30. The Balaban J connectivity index is 1.70. The van der Waals surface area contributed by atoms with Gasteiger partial charge in [-0.1, -0.05) is 24.1 Å². The fourth-order valence-electron chi connectivity index (χ4n) is 2.73. The fourth-order valence-corrected chi connectivity index (χ4v) is 2.89. The van der Waals surface area contributed by atoms with Crippen molar-refractivity contribution in [2.75, 3.05) is 19.6 Å². The van der Waals surface area contributed by atoms with Gasteiger partial charge in [-0.15, -0.1) is 0 Å². The molecule has 0 saturated carbocycles. The summed E-state index contributed by atoms with van der Waals surface area (Å²) in [6.45, 7) is 4.07. The van der Waals surface area contributed by atoms with Crippen LogP contribution in [-0.2, 0) is 6.54 Å². The first-order valence-corrected chi connectivity index (χ1v) is 7.75. The molecule has 1 fully saturated rings. The molecule has 3 heterocycles. The molecule has 0 spiro atoms. The molecule has 0 bridgehead atoms. The van der Waals surface area contributed by atoms with Crippen molar-refractivity contribution in [3.8, 4) is 11.3 Å². The number of rotatable bonds is 4. The van der Waals surface area contributed by atoms with E-state index < -0.39 is 0 Å². The molecule has 1 N–H and O–H groups in total. The van der Waals surface area contributed by atoms with E-state index in [1.54, 1.807) is 18.2 Å². The van der Waals surface area contributed by atoms with Crippen molar-refractivity contribution in [3.63, 3.8) is 0 Å². The summed E-state index contributed by atoms with van der Waals surface area (Å²) in [7, 11) is 0. The molecule has 1 aliphatic heterocycles. The third-order valence-corrected chi connectivity index (χ3v) is 4.08. The van der Waals surface area contributed by atoms with Crippen LogP contribution in [0.1, 0.15) is 19.3 Å². The number of pyridine rings is 1. The zero-order chi connectivity index (χ0) is 14.7. The predicted molar refractivity (Wildman–Crippen MR) is 83.6 cm³/mol. The quantitative estimate of drug-likeness (QED) is 0.882. The van der Waals surface area contributed by atoms with Gasteiger partial charge in [0, 0.05) is 12.7 Å². The lowest BCUT2D eigenvalue weighted by atomic mass is 10.1. The van der Waals surface area contributed by atoms with Gasteiger partial charge in [-0.25, -0.2) is 4.98 Å². The number of aromatic nitrogens is 3. The minimum atomic E-state index is -0.122. The first-order chi connectivity index (χ1) is 10.2. The van der Waals surface area contributed by atoms with Gasteiger partial charge in [0.2, 0.25) is 0 Å². The minimum absolute atomic E-state index is 0.122. The molecule has 5 nitrogen and oxygen atoms in total. The summed E-state index contributed by atoms with van der Waals surface area (Å²) in [6.07, 6.45) is 5.71. The molecule has 1 saturated heterocycles. The van der Waals surface area contributed by atoms with E-state index in [0.29, 0.717) is 16.4 Å². The van der Waals surface area contributed by atoms with Gasteiger partial charge in [-0.05, 0) is 38.1 Å². The first-order valence-electron chi connectivity index (χ1n) is 7.37. The molecule has 112 valence electrons. The third-order valence-electron chi connectivity index (χ3n) is 3.87. The highest BCUT2D eigenvalue weighted by atomic mass is 35.5. The fraction of sp³-hybridized carbons (Fsp3) is 0.467. The molecule has 0 aromatic carbocycles. The van der Waals surface area contributed by atoms with Crippen molar-refractivity contribution >= 4 is 11.6 Å². The summed E-state index contributed by atoms with van der Waals surface area (Å²) in [5.74, 6) is 0. The molecule has 0 atom stereocenters.